The molecule has 0 bridgehead atoms. The van der Waals surface area contributed by atoms with Crippen LogP contribution in [-0.4, -0.2) is 43.3 Å². The molecule has 1 fully saturated rings. The molecule has 3 aromatic carbocycles. The van der Waals surface area contributed by atoms with Gasteiger partial charge < -0.3 is 19.5 Å². The molecule has 5 heteroatoms. The van der Waals surface area contributed by atoms with E-state index in [-0.39, 0.29) is 6.10 Å². The van der Waals surface area contributed by atoms with E-state index in [0.717, 1.165) is 55.4 Å². The van der Waals surface area contributed by atoms with Gasteiger partial charge in [-0.2, -0.15) is 0 Å². The first kappa shape index (κ1) is 22.8. The van der Waals surface area contributed by atoms with E-state index in [4.69, 9.17) is 14.2 Å². The molecule has 1 saturated heterocycles. The molecule has 3 aromatic rings. The zero-order valence-corrected chi connectivity index (χ0v) is 19.7. The third-order valence-corrected chi connectivity index (χ3v) is 6.62. The number of nitrogens with one attached hydrogen (secondary N) is 1. The standard InChI is InChI=1S/C29H34N2O3/c1-3-7-23(8-4-1)20-31-17-14-25(15-18-31)30-16-13-27-22-33-28-12-11-26(19-29(28)34-27)32-21-24-9-5-2-6-10-24/h1-12,19,25,27,30H,13-18,20-22H2. The van der Waals surface area contributed by atoms with Crippen molar-refractivity contribution in [2.75, 3.05) is 26.2 Å². The van der Waals surface area contributed by atoms with E-state index in [1.807, 2.05) is 36.4 Å². The summed E-state index contributed by atoms with van der Waals surface area (Å²) in [6.07, 6.45) is 3.38. The van der Waals surface area contributed by atoms with Crippen molar-refractivity contribution in [1.82, 2.24) is 10.2 Å². The number of likely N-dealkylation sites (tertiary alicyclic amines) is 1. The first-order valence-electron chi connectivity index (χ1n) is 12.4. The Morgan fingerprint density at radius 3 is 2.35 bits per heavy atom. The molecule has 2 heterocycles. The lowest BCUT2D eigenvalue weighted by Gasteiger charge is -2.33. The van der Waals surface area contributed by atoms with Gasteiger partial charge in [-0.3, -0.25) is 4.90 Å². The van der Waals surface area contributed by atoms with Crippen LogP contribution >= 0.6 is 0 Å². The molecule has 0 spiro atoms. The van der Waals surface area contributed by atoms with Gasteiger partial charge >= 0.3 is 0 Å². The van der Waals surface area contributed by atoms with Crippen LogP contribution in [0, 0.1) is 0 Å². The molecule has 178 valence electrons. The summed E-state index contributed by atoms with van der Waals surface area (Å²) in [6.45, 7) is 5.42. The van der Waals surface area contributed by atoms with E-state index in [1.54, 1.807) is 0 Å². The Bertz CT molecular complexity index is 1020. The molecule has 0 radical (unpaired) electrons. The van der Waals surface area contributed by atoms with Crippen molar-refractivity contribution in [2.24, 2.45) is 0 Å². The van der Waals surface area contributed by atoms with E-state index in [2.05, 4.69) is 52.7 Å². The van der Waals surface area contributed by atoms with Gasteiger partial charge in [-0.25, -0.2) is 0 Å². The topological polar surface area (TPSA) is 43.0 Å². The second-order valence-corrected chi connectivity index (χ2v) is 9.21. The van der Waals surface area contributed by atoms with E-state index in [9.17, 15) is 0 Å². The number of ether oxygens (including phenoxy) is 3. The van der Waals surface area contributed by atoms with Crippen LogP contribution in [-0.2, 0) is 13.2 Å². The van der Waals surface area contributed by atoms with Crippen molar-refractivity contribution in [2.45, 2.75) is 44.6 Å². The second kappa shape index (κ2) is 11.4. The van der Waals surface area contributed by atoms with Crippen LogP contribution in [0.2, 0.25) is 0 Å². The number of piperidine rings is 1. The SMILES string of the molecule is c1ccc(COc2ccc3c(c2)OC(CCNC2CCN(Cc4ccccc4)CC2)CO3)cc1. The Balaban J connectivity index is 1.03. The van der Waals surface area contributed by atoms with Crippen LogP contribution in [0.25, 0.3) is 0 Å². The fourth-order valence-corrected chi connectivity index (χ4v) is 4.65. The van der Waals surface area contributed by atoms with Gasteiger partial charge in [-0.1, -0.05) is 60.7 Å². The van der Waals surface area contributed by atoms with Crippen LogP contribution in [0.1, 0.15) is 30.4 Å². The van der Waals surface area contributed by atoms with Crippen molar-refractivity contribution in [3.63, 3.8) is 0 Å². The molecular formula is C29H34N2O3. The minimum atomic E-state index is 0.0579. The molecule has 1 N–H and O–H groups in total. The molecule has 0 amide bonds. The molecule has 1 unspecified atom stereocenters. The van der Waals surface area contributed by atoms with Crippen molar-refractivity contribution < 1.29 is 14.2 Å². The van der Waals surface area contributed by atoms with Gasteiger partial charge in [-0.15, -0.1) is 0 Å². The molecule has 0 saturated carbocycles. The Morgan fingerprint density at radius 2 is 1.59 bits per heavy atom. The van der Waals surface area contributed by atoms with Crippen LogP contribution in [0.3, 0.4) is 0 Å². The van der Waals surface area contributed by atoms with Crippen LogP contribution in [0.5, 0.6) is 17.2 Å². The Labute approximate surface area is 202 Å². The predicted molar refractivity (Wildman–Crippen MR) is 134 cm³/mol. The van der Waals surface area contributed by atoms with Gasteiger partial charge in [0.25, 0.3) is 0 Å². The first-order valence-corrected chi connectivity index (χ1v) is 12.4. The molecule has 2 aliphatic heterocycles. The summed E-state index contributed by atoms with van der Waals surface area (Å²) in [5.74, 6) is 2.37. The molecule has 5 rings (SSSR count). The van der Waals surface area contributed by atoms with E-state index in [1.165, 1.54) is 18.4 Å². The predicted octanol–water partition coefficient (Wildman–Crippen LogP) is 5.05. The lowest BCUT2D eigenvalue weighted by Crippen LogP contribution is -2.43. The number of rotatable bonds is 9. The quantitative estimate of drug-likeness (QED) is 0.486. The number of nitrogens with zero attached hydrogens (tertiary/aromatic N) is 1. The maximum Gasteiger partial charge on any atom is 0.165 e. The molecule has 2 aliphatic rings. The summed E-state index contributed by atoms with van der Waals surface area (Å²) in [4.78, 5) is 2.56. The maximum absolute atomic E-state index is 6.24. The van der Waals surface area contributed by atoms with Crippen LogP contribution in [0.4, 0.5) is 0 Å². The van der Waals surface area contributed by atoms with Gasteiger partial charge in [0.2, 0.25) is 0 Å². The largest absolute Gasteiger partial charge is 0.489 e. The van der Waals surface area contributed by atoms with Crippen molar-refractivity contribution in [3.8, 4) is 17.2 Å². The average Bonchev–Trinajstić information content (AvgIpc) is 2.89. The van der Waals surface area contributed by atoms with Crippen LogP contribution in [0.15, 0.2) is 78.9 Å². The summed E-state index contributed by atoms with van der Waals surface area (Å²) in [5.41, 5.74) is 2.55. The third-order valence-electron chi connectivity index (χ3n) is 6.62. The molecule has 5 nitrogen and oxygen atoms in total. The highest BCUT2D eigenvalue weighted by Crippen LogP contribution is 2.35. The highest BCUT2D eigenvalue weighted by atomic mass is 16.6. The summed E-state index contributed by atoms with van der Waals surface area (Å²) in [6, 6.07) is 27.4. The van der Waals surface area contributed by atoms with Crippen molar-refractivity contribution in [1.29, 1.82) is 0 Å². The fourth-order valence-electron chi connectivity index (χ4n) is 4.65. The first-order chi connectivity index (χ1) is 16.8. The van der Waals surface area contributed by atoms with Gasteiger partial charge in [0.1, 0.15) is 25.1 Å². The zero-order valence-electron chi connectivity index (χ0n) is 19.7. The van der Waals surface area contributed by atoms with E-state index < -0.39 is 0 Å². The maximum atomic E-state index is 6.24. The average molecular weight is 459 g/mol. The summed E-state index contributed by atoms with van der Waals surface area (Å²) < 4.78 is 18.1. The Morgan fingerprint density at radius 1 is 0.853 bits per heavy atom. The Kier molecular flexibility index (Phi) is 7.64. The van der Waals surface area contributed by atoms with Gasteiger partial charge in [0.15, 0.2) is 11.5 Å². The smallest absolute Gasteiger partial charge is 0.165 e. The normalized spacial score (nSPS) is 18.5. The van der Waals surface area contributed by atoms with Gasteiger partial charge in [0.05, 0.1) is 0 Å². The summed E-state index contributed by atoms with van der Waals surface area (Å²) >= 11 is 0. The second-order valence-electron chi connectivity index (χ2n) is 9.21. The number of benzene rings is 3. The summed E-state index contributed by atoms with van der Waals surface area (Å²) in [5, 5.41) is 3.74. The zero-order chi connectivity index (χ0) is 23.0. The van der Waals surface area contributed by atoms with Gasteiger partial charge in [-0.05, 0) is 55.7 Å². The molecule has 1 atom stereocenters. The van der Waals surface area contributed by atoms with Crippen molar-refractivity contribution >= 4 is 0 Å². The highest BCUT2D eigenvalue weighted by molar-refractivity contribution is 5.46. The molecule has 0 aromatic heterocycles. The fraction of sp³-hybridized carbons (Fsp3) is 0.379. The monoisotopic (exact) mass is 458 g/mol. The third kappa shape index (κ3) is 6.31. The number of hydrogen-bond donors (Lipinski definition) is 1. The van der Waals surface area contributed by atoms with Crippen molar-refractivity contribution in [3.05, 3.63) is 90.0 Å². The summed E-state index contributed by atoms with van der Waals surface area (Å²) in [7, 11) is 0. The molecule has 34 heavy (non-hydrogen) atoms. The lowest BCUT2D eigenvalue weighted by atomic mass is 10.0. The highest BCUT2D eigenvalue weighted by Gasteiger charge is 2.23. The molecule has 0 aliphatic carbocycles. The number of hydrogen-bond acceptors (Lipinski definition) is 5. The molecular weight excluding hydrogens is 424 g/mol. The minimum absolute atomic E-state index is 0.0579. The van der Waals surface area contributed by atoms with Crippen LogP contribution < -0.4 is 19.5 Å². The van der Waals surface area contributed by atoms with E-state index in [0.29, 0.717) is 19.3 Å². The lowest BCUT2D eigenvalue weighted by molar-refractivity contribution is 0.0827. The van der Waals surface area contributed by atoms with E-state index >= 15 is 0 Å². The van der Waals surface area contributed by atoms with Gasteiger partial charge in [0, 0.05) is 25.1 Å². The number of fused-ring (bicyclic) bond motifs is 1. The Hall–Kier alpha value is -3.02. The minimum Gasteiger partial charge on any atom is -0.489 e.